The third kappa shape index (κ3) is 5.99. The van der Waals surface area contributed by atoms with E-state index in [0.29, 0.717) is 11.6 Å². The molecule has 1 atom stereocenters. The first-order chi connectivity index (χ1) is 12.0. The molecular weight excluding hydrogens is 318 g/mol. The third-order valence-electron chi connectivity index (χ3n) is 3.57. The number of nitrogens with zero attached hydrogens (tertiary/aromatic N) is 2. The summed E-state index contributed by atoms with van der Waals surface area (Å²) in [5.74, 6) is -0.596. The second kappa shape index (κ2) is 8.92. The summed E-state index contributed by atoms with van der Waals surface area (Å²) >= 11 is 0. The van der Waals surface area contributed by atoms with Crippen molar-refractivity contribution < 1.29 is 14.3 Å². The number of amides is 1. The third-order valence-corrected chi connectivity index (χ3v) is 3.57. The highest BCUT2D eigenvalue weighted by Crippen LogP contribution is 2.20. The zero-order valence-electron chi connectivity index (χ0n) is 14.7. The van der Waals surface area contributed by atoms with Gasteiger partial charge in [0.15, 0.2) is 12.3 Å². The summed E-state index contributed by atoms with van der Waals surface area (Å²) in [6.07, 6.45) is 3.61. The van der Waals surface area contributed by atoms with E-state index in [0.717, 1.165) is 12.0 Å². The van der Waals surface area contributed by atoms with Crippen molar-refractivity contribution >= 4 is 11.9 Å². The van der Waals surface area contributed by atoms with Crippen LogP contribution in [0.1, 0.15) is 48.1 Å². The van der Waals surface area contributed by atoms with Crippen LogP contribution in [0.3, 0.4) is 0 Å². The fraction of sp³-hybridized carbons (Fsp3) is 0.368. The SMILES string of the molecule is Cc1cnc(C(=O)OCC(=O)N[C@@H](CC(C)C)c2ccccc2)cn1. The van der Waals surface area contributed by atoms with Crippen LogP contribution in [-0.4, -0.2) is 28.5 Å². The molecule has 1 aromatic heterocycles. The van der Waals surface area contributed by atoms with Crippen molar-refractivity contribution in [2.75, 3.05) is 6.61 Å². The average Bonchev–Trinajstić information content (AvgIpc) is 2.60. The molecule has 1 heterocycles. The molecule has 0 saturated carbocycles. The van der Waals surface area contributed by atoms with E-state index < -0.39 is 5.97 Å². The van der Waals surface area contributed by atoms with Gasteiger partial charge < -0.3 is 10.1 Å². The summed E-state index contributed by atoms with van der Waals surface area (Å²) in [6.45, 7) is 5.61. The van der Waals surface area contributed by atoms with Crippen molar-refractivity contribution in [1.82, 2.24) is 15.3 Å². The monoisotopic (exact) mass is 341 g/mol. The van der Waals surface area contributed by atoms with E-state index in [4.69, 9.17) is 4.74 Å². The van der Waals surface area contributed by atoms with Crippen LogP contribution in [0, 0.1) is 12.8 Å². The van der Waals surface area contributed by atoms with Crippen LogP contribution in [0.5, 0.6) is 0 Å². The predicted octanol–water partition coefficient (Wildman–Crippen LogP) is 2.85. The molecule has 0 spiro atoms. The molecule has 0 saturated heterocycles. The number of ether oxygens (including phenoxy) is 1. The van der Waals surface area contributed by atoms with Gasteiger partial charge in [-0.15, -0.1) is 0 Å². The number of hydrogen-bond acceptors (Lipinski definition) is 5. The quantitative estimate of drug-likeness (QED) is 0.783. The maximum atomic E-state index is 12.2. The second-order valence-electron chi connectivity index (χ2n) is 6.28. The van der Waals surface area contributed by atoms with E-state index in [2.05, 4.69) is 29.1 Å². The molecule has 0 fully saturated rings. The van der Waals surface area contributed by atoms with Crippen LogP contribution < -0.4 is 5.32 Å². The molecule has 25 heavy (non-hydrogen) atoms. The van der Waals surface area contributed by atoms with Crippen LogP contribution in [0.4, 0.5) is 0 Å². The molecule has 0 bridgehead atoms. The minimum absolute atomic E-state index is 0.0835. The minimum atomic E-state index is -0.664. The highest BCUT2D eigenvalue weighted by molar-refractivity contribution is 5.89. The predicted molar refractivity (Wildman–Crippen MR) is 93.8 cm³/mol. The molecule has 0 aliphatic carbocycles. The fourth-order valence-corrected chi connectivity index (χ4v) is 2.37. The maximum Gasteiger partial charge on any atom is 0.359 e. The fourth-order valence-electron chi connectivity index (χ4n) is 2.37. The van der Waals surface area contributed by atoms with Crippen molar-refractivity contribution in [3.63, 3.8) is 0 Å². The molecular formula is C19H23N3O3. The van der Waals surface area contributed by atoms with Gasteiger partial charge >= 0.3 is 5.97 Å². The lowest BCUT2D eigenvalue weighted by Gasteiger charge is -2.21. The number of carbonyl (C=O) groups is 2. The van der Waals surface area contributed by atoms with E-state index in [1.807, 2.05) is 30.3 Å². The first kappa shape index (κ1) is 18.6. The van der Waals surface area contributed by atoms with Crippen LogP contribution >= 0.6 is 0 Å². The van der Waals surface area contributed by atoms with E-state index in [-0.39, 0.29) is 24.2 Å². The number of hydrogen-bond donors (Lipinski definition) is 1. The standard InChI is InChI=1S/C19H23N3O3/c1-13(2)9-16(15-7-5-4-6-8-15)22-18(23)12-25-19(24)17-11-20-14(3)10-21-17/h4-8,10-11,13,16H,9,12H2,1-3H3,(H,22,23)/t16-/m0/s1. The number of esters is 1. The minimum Gasteiger partial charge on any atom is -0.451 e. The highest BCUT2D eigenvalue weighted by atomic mass is 16.5. The van der Waals surface area contributed by atoms with Crippen LogP contribution in [-0.2, 0) is 9.53 Å². The van der Waals surface area contributed by atoms with Gasteiger partial charge in [0.05, 0.1) is 17.9 Å². The van der Waals surface area contributed by atoms with Gasteiger partial charge in [-0.25, -0.2) is 9.78 Å². The Morgan fingerprint density at radius 2 is 1.84 bits per heavy atom. The van der Waals surface area contributed by atoms with E-state index in [1.54, 1.807) is 6.92 Å². The van der Waals surface area contributed by atoms with Crippen LogP contribution in [0.2, 0.25) is 0 Å². The van der Waals surface area contributed by atoms with Gasteiger partial charge in [0, 0.05) is 6.20 Å². The maximum absolute atomic E-state index is 12.2. The molecule has 2 rings (SSSR count). The van der Waals surface area contributed by atoms with Crippen molar-refractivity contribution in [1.29, 1.82) is 0 Å². The zero-order chi connectivity index (χ0) is 18.2. The average molecular weight is 341 g/mol. The van der Waals surface area contributed by atoms with Crippen molar-refractivity contribution in [3.05, 3.63) is 59.7 Å². The topological polar surface area (TPSA) is 81.2 Å². The normalized spacial score (nSPS) is 11.8. The second-order valence-corrected chi connectivity index (χ2v) is 6.28. The van der Waals surface area contributed by atoms with Crippen molar-refractivity contribution in [2.24, 2.45) is 5.92 Å². The van der Waals surface area contributed by atoms with Gasteiger partial charge in [0.25, 0.3) is 5.91 Å². The van der Waals surface area contributed by atoms with Crippen molar-refractivity contribution in [2.45, 2.75) is 33.2 Å². The Kier molecular flexibility index (Phi) is 6.62. The summed E-state index contributed by atoms with van der Waals surface area (Å²) in [6, 6.07) is 9.63. The molecule has 0 radical (unpaired) electrons. The smallest absolute Gasteiger partial charge is 0.359 e. The molecule has 2 aromatic rings. The number of aromatic nitrogens is 2. The summed E-state index contributed by atoms with van der Waals surface area (Å²) < 4.78 is 5.02. The lowest BCUT2D eigenvalue weighted by molar-refractivity contribution is -0.125. The summed E-state index contributed by atoms with van der Waals surface area (Å²) in [5, 5.41) is 2.93. The highest BCUT2D eigenvalue weighted by Gasteiger charge is 2.18. The van der Waals surface area contributed by atoms with Crippen LogP contribution in [0.25, 0.3) is 0 Å². The Morgan fingerprint density at radius 1 is 1.12 bits per heavy atom. The molecule has 132 valence electrons. The Balaban J connectivity index is 1.92. The zero-order valence-corrected chi connectivity index (χ0v) is 14.7. The van der Waals surface area contributed by atoms with Gasteiger partial charge in [-0.2, -0.15) is 0 Å². The molecule has 0 unspecified atom stereocenters. The largest absolute Gasteiger partial charge is 0.451 e. The van der Waals surface area contributed by atoms with Gasteiger partial charge in [0.1, 0.15) is 0 Å². The number of rotatable bonds is 7. The molecule has 0 aliphatic rings. The Labute approximate surface area is 147 Å². The Morgan fingerprint density at radius 3 is 2.44 bits per heavy atom. The number of aryl methyl sites for hydroxylation is 1. The first-order valence-electron chi connectivity index (χ1n) is 8.25. The summed E-state index contributed by atoms with van der Waals surface area (Å²) in [5.41, 5.74) is 1.81. The van der Waals surface area contributed by atoms with Gasteiger partial charge in [-0.1, -0.05) is 44.2 Å². The molecule has 6 nitrogen and oxygen atoms in total. The first-order valence-corrected chi connectivity index (χ1v) is 8.25. The molecule has 6 heteroatoms. The van der Waals surface area contributed by atoms with Crippen LogP contribution in [0.15, 0.2) is 42.7 Å². The summed E-state index contributed by atoms with van der Waals surface area (Å²) in [4.78, 5) is 32.0. The van der Waals surface area contributed by atoms with Crippen molar-refractivity contribution in [3.8, 4) is 0 Å². The lowest BCUT2D eigenvalue weighted by atomic mass is 9.97. The molecule has 1 N–H and O–H groups in total. The van der Waals surface area contributed by atoms with E-state index >= 15 is 0 Å². The van der Waals surface area contributed by atoms with Gasteiger partial charge in [0.2, 0.25) is 0 Å². The number of carbonyl (C=O) groups excluding carboxylic acids is 2. The summed E-state index contributed by atoms with van der Waals surface area (Å²) in [7, 11) is 0. The Hall–Kier alpha value is -2.76. The Bertz CT molecular complexity index is 700. The van der Waals surface area contributed by atoms with Gasteiger partial charge in [-0.05, 0) is 24.8 Å². The van der Waals surface area contributed by atoms with E-state index in [9.17, 15) is 9.59 Å². The van der Waals surface area contributed by atoms with Gasteiger partial charge in [-0.3, -0.25) is 9.78 Å². The molecule has 1 aromatic carbocycles. The molecule has 1 amide bonds. The van der Waals surface area contributed by atoms with E-state index in [1.165, 1.54) is 12.4 Å². The lowest BCUT2D eigenvalue weighted by Crippen LogP contribution is -2.33. The number of benzene rings is 1. The number of nitrogens with one attached hydrogen (secondary N) is 1. The molecule has 0 aliphatic heterocycles.